The number of amides is 1. The molecule has 7 heteroatoms. The number of hydrogen-bond acceptors (Lipinski definition) is 6. The fourth-order valence-corrected chi connectivity index (χ4v) is 3.94. The highest BCUT2D eigenvalue weighted by molar-refractivity contribution is 7.13. The lowest BCUT2D eigenvalue weighted by Gasteiger charge is -2.29. The number of benzene rings is 1. The van der Waals surface area contributed by atoms with Crippen LogP contribution in [0.1, 0.15) is 49.7 Å². The number of nitrogens with zero attached hydrogens (tertiary/aromatic N) is 2. The molecule has 1 N–H and O–H groups in total. The highest BCUT2D eigenvalue weighted by Gasteiger charge is 2.18. The molecule has 0 saturated carbocycles. The van der Waals surface area contributed by atoms with Gasteiger partial charge in [-0.2, -0.15) is 0 Å². The Morgan fingerprint density at radius 2 is 1.93 bits per heavy atom. The van der Waals surface area contributed by atoms with Gasteiger partial charge < -0.3 is 9.47 Å². The van der Waals surface area contributed by atoms with Gasteiger partial charge in [-0.3, -0.25) is 15.0 Å². The summed E-state index contributed by atoms with van der Waals surface area (Å²) in [6.07, 6.45) is 2.49. The third-order valence-electron chi connectivity index (χ3n) is 4.84. The number of carbonyl (C=O) groups is 1. The van der Waals surface area contributed by atoms with Crippen molar-refractivity contribution in [3.05, 3.63) is 34.8 Å². The van der Waals surface area contributed by atoms with Crippen LogP contribution in [0.4, 0.5) is 5.13 Å². The van der Waals surface area contributed by atoms with E-state index >= 15 is 0 Å². The van der Waals surface area contributed by atoms with Gasteiger partial charge in [-0.25, -0.2) is 4.98 Å². The van der Waals surface area contributed by atoms with E-state index in [2.05, 4.69) is 22.1 Å². The van der Waals surface area contributed by atoms with Gasteiger partial charge in [-0.1, -0.05) is 6.92 Å². The summed E-state index contributed by atoms with van der Waals surface area (Å²) in [4.78, 5) is 19.6. The van der Waals surface area contributed by atoms with Crippen molar-refractivity contribution in [2.24, 2.45) is 5.92 Å². The quantitative estimate of drug-likeness (QED) is 0.707. The lowest BCUT2D eigenvalue weighted by molar-refractivity contribution is 0.102. The van der Waals surface area contributed by atoms with Crippen molar-refractivity contribution in [2.75, 3.05) is 31.6 Å². The molecule has 0 atom stereocenters. The van der Waals surface area contributed by atoms with Crippen molar-refractivity contribution in [3.8, 4) is 11.5 Å². The number of piperidine rings is 1. The predicted octanol–water partition coefficient (Wildman–Crippen LogP) is 4.42. The molecule has 2 aromatic rings. The first-order valence-electron chi connectivity index (χ1n) is 9.96. The van der Waals surface area contributed by atoms with Crippen molar-refractivity contribution in [2.45, 2.75) is 40.2 Å². The number of anilines is 1. The Kier molecular flexibility index (Phi) is 7.28. The molecule has 1 fully saturated rings. The second-order valence-corrected chi connectivity index (χ2v) is 7.94. The molecule has 1 aliphatic heterocycles. The summed E-state index contributed by atoms with van der Waals surface area (Å²) < 4.78 is 11.2. The number of carbonyl (C=O) groups excluding carboxylic acids is 1. The number of aromatic nitrogens is 1. The van der Waals surface area contributed by atoms with Crippen LogP contribution < -0.4 is 14.8 Å². The van der Waals surface area contributed by atoms with Gasteiger partial charge in [-0.15, -0.1) is 11.3 Å². The molecule has 0 bridgehead atoms. The first kappa shape index (κ1) is 20.6. The van der Waals surface area contributed by atoms with E-state index in [-0.39, 0.29) is 5.91 Å². The highest BCUT2D eigenvalue weighted by Crippen LogP contribution is 2.29. The molecule has 1 aliphatic rings. The van der Waals surface area contributed by atoms with E-state index in [0.29, 0.717) is 35.4 Å². The predicted molar refractivity (Wildman–Crippen MR) is 113 cm³/mol. The van der Waals surface area contributed by atoms with Crippen LogP contribution in [0.3, 0.4) is 0 Å². The van der Waals surface area contributed by atoms with Crippen LogP contribution in [0.2, 0.25) is 0 Å². The van der Waals surface area contributed by atoms with E-state index in [1.807, 2.05) is 19.2 Å². The third-order valence-corrected chi connectivity index (χ3v) is 5.65. The second kappa shape index (κ2) is 9.89. The van der Waals surface area contributed by atoms with Crippen molar-refractivity contribution in [1.29, 1.82) is 0 Å². The minimum absolute atomic E-state index is 0.198. The van der Waals surface area contributed by atoms with Crippen molar-refractivity contribution >= 4 is 22.4 Å². The number of likely N-dealkylation sites (tertiary alicyclic amines) is 1. The maximum Gasteiger partial charge on any atom is 0.257 e. The van der Waals surface area contributed by atoms with Crippen molar-refractivity contribution in [1.82, 2.24) is 9.88 Å². The largest absolute Gasteiger partial charge is 0.490 e. The number of ether oxygens (including phenoxy) is 2. The summed E-state index contributed by atoms with van der Waals surface area (Å²) in [6, 6.07) is 5.23. The molecular weight excluding hydrogens is 374 g/mol. The van der Waals surface area contributed by atoms with Crippen LogP contribution in [0.25, 0.3) is 0 Å². The Morgan fingerprint density at radius 3 is 2.64 bits per heavy atom. The minimum Gasteiger partial charge on any atom is -0.490 e. The van der Waals surface area contributed by atoms with E-state index in [9.17, 15) is 4.79 Å². The lowest BCUT2D eigenvalue weighted by Crippen LogP contribution is -2.32. The number of hydrogen-bond donors (Lipinski definition) is 1. The second-order valence-electron chi connectivity index (χ2n) is 7.08. The van der Waals surface area contributed by atoms with Gasteiger partial charge in [0, 0.05) is 17.5 Å². The first-order valence-corrected chi connectivity index (χ1v) is 10.8. The molecule has 3 rings (SSSR count). The molecular formula is C21H29N3O3S. The molecule has 6 nitrogen and oxygen atoms in total. The van der Waals surface area contributed by atoms with E-state index in [1.165, 1.54) is 24.2 Å². The lowest BCUT2D eigenvalue weighted by atomic mass is 9.99. The molecule has 1 saturated heterocycles. The van der Waals surface area contributed by atoms with Crippen LogP contribution in [-0.4, -0.2) is 42.1 Å². The number of nitrogens with one attached hydrogen (secondary N) is 1. The average Bonchev–Trinajstić information content (AvgIpc) is 3.12. The Morgan fingerprint density at radius 1 is 1.21 bits per heavy atom. The van der Waals surface area contributed by atoms with E-state index in [4.69, 9.17) is 9.47 Å². The normalized spacial score (nSPS) is 15.4. The van der Waals surface area contributed by atoms with E-state index in [0.717, 1.165) is 31.2 Å². The van der Waals surface area contributed by atoms with Gasteiger partial charge in [0.25, 0.3) is 5.91 Å². The topological polar surface area (TPSA) is 63.7 Å². The van der Waals surface area contributed by atoms with Crippen LogP contribution in [0, 0.1) is 5.92 Å². The molecule has 1 aromatic carbocycles. The van der Waals surface area contributed by atoms with E-state index in [1.54, 1.807) is 18.2 Å². The molecule has 0 aliphatic carbocycles. The summed E-state index contributed by atoms with van der Waals surface area (Å²) >= 11 is 1.46. The van der Waals surface area contributed by atoms with Gasteiger partial charge in [0.2, 0.25) is 0 Å². The average molecular weight is 404 g/mol. The summed E-state index contributed by atoms with van der Waals surface area (Å²) in [5.74, 6) is 1.85. The molecule has 1 aromatic heterocycles. The number of rotatable bonds is 8. The molecule has 152 valence electrons. The fourth-order valence-electron chi connectivity index (χ4n) is 3.25. The van der Waals surface area contributed by atoms with Gasteiger partial charge >= 0.3 is 0 Å². The zero-order valence-corrected chi connectivity index (χ0v) is 17.7. The van der Waals surface area contributed by atoms with Crippen LogP contribution in [0.5, 0.6) is 11.5 Å². The molecule has 0 spiro atoms. The van der Waals surface area contributed by atoms with Crippen LogP contribution >= 0.6 is 11.3 Å². The van der Waals surface area contributed by atoms with Crippen LogP contribution in [0.15, 0.2) is 23.6 Å². The molecule has 0 unspecified atom stereocenters. The number of thiazole rings is 1. The summed E-state index contributed by atoms with van der Waals surface area (Å²) in [5, 5.41) is 5.54. The van der Waals surface area contributed by atoms with E-state index < -0.39 is 0 Å². The summed E-state index contributed by atoms with van der Waals surface area (Å²) in [6.45, 7) is 10.3. The van der Waals surface area contributed by atoms with Crippen molar-refractivity contribution in [3.63, 3.8) is 0 Å². The fraction of sp³-hybridized carbons (Fsp3) is 0.524. The Balaban J connectivity index is 1.61. The van der Waals surface area contributed by atoms with Gasteiger partial charge in [0.15, 0.2) is 16.6 Å². The summed E-state index contributed by atoms with van der Waals surface area (Å²) in [5.41, 5.74) is 1.53. The smallest absolute Gasteiger partial charge is 0.257 e. The highest BCUT2D eigenvalue weighted by atomic mass is 32.1. The third kappa shape index (κ3) is 5.45. The minimum atomic E-state index is -0.198. The monoisotopic (exact) mass is 403 g/mol. The Bertz CT molecular complexity index is 785. The van der Waals surface area contributed by atoms with Gasteiger partial charge in [0.05, 0.1) is 18.9 Å². The maximum absolute atomic E-state index is 12.6. The van der Waals surface area contributed by atoms with Crippen LogP contribution in [-0.2, 0) is 6.54 Å². The van der Waals surface area contributed by atoms with Gasteiger partial charge in [-0.05, 0) is 63.9 Å². The molecule has 2 heterocycles. The zero-order chi connectivity index (χ0) is 19.9. The van der Waals surface area contributed by atoms with Crippen molar-refractivity contribution < 1.29 is 14.3 Å². The Hall–Kier alpha value is -2.12. The molecule has 1 amide bonds. The van der Waals surface area contributed by atoms with Gasteiger partial charge in [0.1, 0.15) is 0 Å². The zero-order valence-electron chi connectivity index (χ0n) is 16.9. The molecule has 0 radical (unpaired) electrons. The first-order chi connectivity index (χ1) is 13.6. The Labute approximate surface area is 170 Å². The standard InChI is InChI=1S/C21H29N3O3S/c1-4-26-18-7-6-16(12-19(18)27-5-2)20(25)23-21-22-17(14-28-21)13-24-10-8-15(3)9-11-24/h6-7,12,14-15H,4-5,8-11,13H2,1-3H3,(H,22,23,25). The maximum atomic E-state index is 12.6. The summed E-state index contributed by atoms with van der Waals surface area (Å²) in [7, 11) is 0. The SMILES string of the molecule is CCOc1ccc(C(=O)Nc2nc(CN3CCC(C)CC3)cs2)cc1OCC. The molecule has 28 heavy (non-hydrogen) atoms.